The summed E-state index contributed by atoms with van der Waals surface area (Å²) < 4.78 is 26.6. The predicted octanol–water partition coefficient (Wildman–Crippen LogP) is 6.25. The van der Waals surface area contributed by atoms with Gasteiger partial charge in [0.25, 0.3) is 5.91 Å². The molecule has 1 unspecified atom stereocenters. The van der Waals surface area contributed by atoms with Gasteiger partial charge in [0.05, 0.1) is 24.8 Å². The van der Waals surface area contributed by atoms with Gasteiger partial charge in [0.15, 0.2) is 11.5 Å². The number of allylic oxidation sites excluding steroid dienone is 2. The molecule has 2 aliphatic rings. The molecule has 2 aromatic rings. The van der Waals surface area contributed by atoms with E-state index < -0.39 is 40.7 Å². The molecule has 1 aliphatic carbocycles. The SMILES string of the molecule is C=C(C(C)(C)C)[C@]1(C2CC=C(OC)C=C2F)NC(=N)N([C@H](COC(=O)N(C)C)c2ccc(Cl)c(-c3ccccn3)c2)C1=O. The molecule has 2 N–H and O–H groups in total. The van der Waals surface area contributed by atoms with E-state index in [1.807, 2.05) is 26.8 Å². The lowest BCUT2D eigenvalue weighted by Crippen LogP contribution is -2.57. The van der Waals surface area contributed by atoms with Crippen LogP contribution in [0.4, 0.5) is 9.18 Å². The van der Waals surface area contributed by atoms with Crippen molar-refractivity contribution < 1.29 is 23.5 Å². The molecule has 228 valence electrons. The summed E-state index contributed by atoms with van der Waals surface area (Å²) in [5.41, 5.74) is -0.205. The maximum Gasteiger partial charge on any atom is 0.409 e. The quantitative estimate of drug-likeness (QED) is 0.343. The highest BCUT2D eigenvalue weighted by atomic mass is 35.5. The molecule has 3 atom stereocenters. The largest absolute Gasteiger partial charge is 0.497 e. The highest BCUT2D eigenvalue weighted by Crippen LogP contribution is 2.48. The van der Waals surface area contributed by atoms with Gasteiger partial charge in [0.1, 0.15) is 18.2 Å². The molecule has 1 aliphatic heterocycles. The molecule has 0 spiro atoms. The van der Waals surface area contributed by atoms with Gasteiger partial charge in [-0.25, -0.2) is 9.18 Å². The van der Waals surface area contributed by atoms with Crippen LogP contribution in [0.15, 0.2) is 78.5 Å². The Labute approximate surface area is 256 Å². The van der Waals surface area contributed by atoms with E-state index >= 15 is 4.39 Å². The average Bonchev–Trinajstić information content (AvgIpc) is 3.23. The van der Waals surface area contributed by atoms with Crippen molar-refractivity contribution in [3.8, 4) is 11.3 Å². The number of carbonyl (C=O) groups excluding carboxylic acids is 2. The van der Waals surface area contributed by atoms with E-state index in [9.17, 15) is 9.59 Å². The minimum absolute atomic E-state index is 0.130. The number of amides is 2. The van der Waals surface area contributed by atoms with E-state index in [0.29, 0.717) is 33.2 Å². The summed E-state index contributed by atoms with van der Waals surface area (Å²) in [6.45, 7) is 9.63. The molecule has 0 saturated carbocycles. The standard InChI is InChI=1S/C32H37ClFN5O4/c1-19(31(2,3)4)32(23-13-12-21(42-7)17-25(23)34)28(40)39(29(35)37-32)27(18-43-30(41)38(5)6)20-11-14-24(33)22(16-20)26-10-8-9-15-36-26/h8-12,14-17,23,27H,1,13,18H2,2-7H3,(H2,35,37)/t23?,27-,32-/m1/s1. The minimum Gasteiger partial charge on any atom is -0.497 e. The van der Waals surface area contributed by atoms with Crippen LogP contribution >= 0.6 is 11.6 Å². The number of methoxy groups -OCH3 is 1. The molecule has 11 heteroatoms. The van der Waals surface area contributed by atoms with Gasteiger partial charge < -0.3 is 19.7 Å². The van der Waals surface area contributed by atoms with Gasteiger partial charge in [-0.05, 0) is 53.3 Å². The van der Waals surface area contributed by atoms with Gasteiger partial charge >= 0.3 is 6.09 Å². The number of aromatic nitrogens is 1. The summed E-state index contributed by atoms with van der Waals surface area (Å²) in [7, 11) is 4.53. The van der Waals surface area contributed by atoms with Crippen molar-refractivity contribution in [1.82, 2.24) is 20.1 Å². The van der Waals surface area contributed by atoms with Crippen LogP contribution in [0.5, 0.6) is 0 Å². The van der Waals surface area contributed by atoms with Crippen LogP contribution in [0.2, 0.25) is 5.02 Å². The molecule has 1 aromatic carbocycles. The Morgan fingerprint density at radius 2 is 2.05 bits per heavy atom. The van der Waals surface area contributed by atoms with Gasteiger partial charge in [0.2, 0.25) is 0 Å². The highest BCUT2D eigenvalue weighted by molar-refractivity contribution is 6.33. The Bertz CT molecular complexity index is 1500. The fraction of sp³-hybridized carbons (Fsp3) is 0.375. The molecule has 0 radical (unpaired) electrons. The number of pyridine rings is 1. The first-order chi connectivity index (χ1) is 20.2. The Morgan fingerprint density at radius 3 is 2.63 bits per heavy atom. The molecule has 4 rings (SSSR count). The number of benzene rings is 1. The summed E-state index contributed by atoms with van der Waals surface area (Å²) in [4.78, 5) is 34.2. The fourth-order valence-corrected chi connectivity index (χ4v) is 5.58. The van der Waals surface area contributed by atoms with Crippen LogP contribution in [0.3, 0.4) is 0 Å². The molecule has 1 aromatic heterocycles. The van der Waals surface area contributed by atoms with Crippen LogP contribution in [-0.4, -0.2) is 66.1 Å². The van der Waals surface area contributed by atoms with Gasteiger partial charge in [-0.3, -0.25) is 20.1 Å². The van der Waals surface area contributed by atoms with E-state index in [1.165, 1.54) is 23.0 Å². The third-order valence-electron chi connectivity index (χ3n) is 7.78. The molecule has 1 saturated heterocycles. The van der Waals surface area contributed by atoms with Crippen molar-refractivity contribution in [2.75, 3.05) is 27.8 Å². The number of halogens is 2. The third kappa shape index (κ3) is 6.01. The molecule has 43 heavy (non-hydrogen) atoms. The van der Waals surface area contributed by atoms with Crippen molar-refractivity contribution in [2.45, 2.75) is 38.8 Å². The van der Waals surface area contributed by atoms with Gasteiger partial charge in [-0.15, -0.1) is 0 Å². The molecular weight excluding hydrogens is 573 g/mol. The Morgan fingerprint density at radius 1 is 1.33 bits per heavy atom. The lowest BCUT2D eigenvalue weighted by molar-refractivity contribution is -0.134. The number of carbonyl (C=O) groups is 2. The van der Waals surface area contributed by atoms with E-state index in [4.69, 9.17) is 26.5 Å². The maximum absolute atomic E-state index is 15.8. The van der Waals surface area contributed by atoms with Crippen molar-refractivity contribution in [2.24, 2.45) is 11.3 Å². The fourth-order valence-electron chi connectivity index (χ4n) is 5.37. The van der Waals surface area contributed by atoms with Crippen LogP contribution < -0.4 is 5.32 Å². The Kier molecular flexibility index (Phi) is 9.01. The van der Waals surface area contributed by atoms with Gasteiger partial charge in [-0.1, -0.05) is 51.1 Å². The van der Waals surface area contributed by atoms with Gasteiger partial charge in [-0.2, -0.15) is 0 Å². The van der Waals surface area contributed by atoms with Crippen molar-refractivity contribution in [3.05, 3.63) is 89.1 Å². The number of nitrogens with zero attached hydrogens (tertiary/aromatic N) is 3. The van der Waals surface area contributed by atoms with E-state index in [2.05, 4.69) is 16.9 Å². The maximum atomic E-state index is 15.8. The van der Waals surface area contributed by atoms with Crippen LogP contribution in [-0.2, 0) is 14.3 Å². The summed E-state index contributed by atoms with van der Waals surface area (Å²) in [6.07, 6.45) is 4.11. The van der Waals surface area contributed by atoms with Crippen molar-refractivity contribution in [1.29, 1.82) is 5.41 Å². The second-order valence-electron chi connectivity index (χ2n) is 11.8. The van der Waals surface area contributed by atoms with Crippen LogP contribution in [0, 0.1) is 16.7 Å². The minimum atomic E-state index is -1.70. The Hall–Kier alpha value is -4.18. The number of guanidine groups is 1. The first-order valence-electron chi connectivity index (χ1n) is 13.8. The predicted molar refractivity (Wildman–Crippen MR) is 164 cm³/mol. The van der Waals surface area contributed by atoms with Crippen molar-refractivity contribution in [3.63, 3.8) is 0 Å². The van der Waals surface area contributed by atoms with E-state index in [-0.39, 0.29) is 19.0 Å². The summed E-state index contributed by atoms with van der Waals surface area (Å²) in [5, 5.41) is 12.5. The van der Waals surface area contributed by atoms with Crippen LogP contribution in [0.1, 0.15) is 38.8 Å². The molecular formula is C32H37ClFN5O4. The lowest BCUT2D eigenvalue weighted by Gasteiger charge is -2.42. The lowest BCUT2D eigenvalue weighted by atomic mass is 9.66. The molecule has 9 nitrogen and oxygen atoms in total. The molecule has 1 fully saturated rings. The number of hydrogen-bond donors (Lipinski definition) is 2. The van der Waals surface area contributed by atoms with Crippen molar-refractivity contribution >= 4 is 29.6 Å². The van der Waals surface area contributed by atoms with E-state index in [1.54, 1.807) is 56.7 Å². The zero-order valence-electron chi connectivity index (χ0n) is 25.2. The monoisotopic (exact) mass is 609 g/mol. The summed E-state index contributed by atoms with van der Waals surface area (Å²) >= 11 is 6.56. The van der Waals surface area contributed by atoms with E-state index in [0.717, 1.165) is 0 Å². The first kappa shape index (κ1) is 31.7. The second kappa shape index (κ2) is 12.2. The number of nitrogens with one attached hydrogen (secondary N) is 2. The second-order valence-corrected chi connectivity index (χ2v) is 12.2. The average molecular weight is 610 g/mol. The molecule has 2 amide bonds. The summed E-state index contributed by atoms with van der Waals surface area (Å²) in [6, 6.07) is 9.57. The smallest absolute Gasteiger partial charge is 0.409 e. The van der Waals surface area contributed by atoms with Crippen LogP contribution in [0.25, 0.3) is 11.3 Å². The summed E-state index contributed by atoms with van der Waals surface area (Å²) in [5.74, 6) is -2.08. The first-order valence-corrected chi connectivity index (χ1v) is 14.2. The topological polar surface area (TPSA) is 108 Å². The molecule has 0 bridgehead atoms. The van der Waals surface area contributed by atoms with Gasteiger partial charge in [0, 0.05) is 37.0 Å². The normalized spacial score (nSPS) is 21.0. The number of rotatable bonds is 8. The molecule has 2 heterocycles. The number of hydrogen-bond acceptors (Lipinski definition) is 6. The zero-order chi connectivity index (χ0) is 31.7. The highest BCUT2D eigenvalue weighted by Gasteiger charge is 2.60. The third-order valence-corrected chi connectivity index (χ3v) is 8.11. The number of ether oxygens (including phenoxy) is 2. The Balaban J connectivity index is 1.86. The zero-order valence-corrected chi connectivity index (χ0v) is 26.0.